The number of nitrogens with one attached hydrogen (secondary N) is 3. The van der Waals surface area contributed by atoms with Crippen LogP contribution in [0.4, 0.5) is 27.8 Å². The summed E-state index contributed by atoms with van der Waals surface area (Å²) in [6, 6.07) is 21.7. The summed E-state index contributed by atoms with van der Waals surface area (Å²) in [5, 5.41) is 18.7. The molecule has 198 valence electrons. The van der Waals surface area contributed by atoms with Crippen molar-refractivity contribution in [2.24, 2.45) is 0 Å². The van der Waals surface area contributed by atoms with Gasteiger partial charge in [-0.15, -0.1) is 0 Å². The number of nitrogen functional groups attached to an aromatic ring is 1. The molecule has 11 nitrogen and oxygen atoms in total. The SMILES string of the molecule is C[C@H](Nc1ncnc(N)c1C#N)c1nc2cccc(Cl)c2c(=O)n1-c1cccc(NC(=O)Nc2ccccc2)c1. The molecule has 0 unspecified atom stereocenters. The molecule has 2 aromatic heterocycles. The fourth-order valence-corrected chi connectivity index (χ4v) is 4.42. The molecule has 0 saturated carbocycles. The number of hydrogen-bond donors (Lipinski definition) is 4. The topological polar surface area (TPSA) is 164 Å². The van der Waals surface area contributed by atoms with Crippen molar-refractivity contribution < 1.29 is 4.79 Å². The van der Waals surface area contributed by atoms with E-state index in [1.165, 1.54) is 10.9 Å². The zero-order chi connectivity index (χ0) is 28.2. The highest BCUT2D eigenvalue weighted by Gasteiger charge is 2.21. The molecular formula is C28H22ClN9O2. The Labute approximate surface area is 233 Å². The third-order valence-corrected chi connectivity index (χ3v) is 6.31. The van der Waals surface area contributed by atoms with Gasteiger partial charge in [0.25, 0.3) is 5.56 Å². The molecule has 0 aliphatic rings. The third-order valence-electron chi connectivity index (χ3n) is 6.00. The maximum Gasteiger partial charge on any atom is 0.323 e. The molecule has 40 heavy (non-hydrogen) atoms. The molecule has 5 rings (SSSR count). The number of hydrogen-bond acceptors (Lipinski definition) is 8. The van der Waals surface area contributed by atoms with Gasteiger partial charge in [0.2, 0.25) is 0 Å². The van der Waals surface area contributed by atoms with Crippen LogP contribution >= 0.6 is 11.6 Å². The number of urea groups is 1. The summed E-state index contributed by atoms with van der Waals surface area (Å²) in [4.78, 5) is 39.3. The number of para-hydroxylation sites is 1. The lowest BCUT2D eigenvalue weighted by Gasteiger charge is -2.21. The Morgan fingerprint density at radius 3 is 2.52 bits per heavy atom. The highest BCUT2D eigenvalue weighted by molar-refractivity contribution is 6.35. The van der Waals surface area contributed by atoms with Crippen molar-refractivity contribution in [3.63, 3.8) is 0 Å². The molecule has 0 aliphatic carbocycles. The molecule has 0 fully saturated rings. The summed E-state index contributed by atoms with van der Waals surface area (Å²) in [6.45, 7) is 1.77. The van der Waals surface area contributed by atoms with Crippen LogP contribution in [0.15, 0.2) is 83.9 Å². The Kier molecular flexibility index (Phi) is 7.26. The van der Waals surface area contributed by atoms with Gasteiger partial charge >= 0.3 is 6.03 Å². The van der Waals surface area contributed by atoms with E-state index in [1.807, 2.05) is 24.3 Å². The van der Waals surface area contributed by atoms with Gasteiger partial charge in [-0.3, -0.25) is 9.36 Å². The molecule has 2 heterocycles. The number of halogens is 1. The van der Waals surface area contributed by atoms with Gasteiger partial charge in [-0.05, 0) is 49.4 Å². The van der Waals surface area contributed by atoms with Crippen LogP contribution in [0, 0.1) is 11.3 Å². The van der Waals surface area contributed by atoms with E-state index in [9.17, 15) is 14.9 Å². The van der Waals surface area contributed by atoms with Crippen molar-refractivity contribution in [1.29, 1.82) is 5.26 Å². The van der Waals surface area contributed by atoms with E-state index in [0.29, 0.717) is 28.4 Å². The number of nitrogens with two attached hydrogens (primary N) is 1. The first kappa shape index (κ1) is 26.1. The highest BCUT2D eigenvalue weighted by Crippen LogP contribution is 2.27. The van der Waals surface area contributed by atoms with Crippen LogP contribution in [0.5, 0.6) is 0 Å². The maximum atomic E-state index is 13.9. The minimum absolute atomic E-state index is 0.0235. The Hall–Kier alpha value is -5.47. The monoisotopic (exact) mass is 551 g/mol. The number of rotatable bonds is 6. The number of nitrogens with zero attached hydrogens (tertiary/aromatic N) is 5. The molecule has 0 spiro atoms. The van der Waals surface area contributed by atoms with Crippen molar-refractivity contribution in [1.82, 2.24) is 19.5 Å². The van der Waals surface area contributed by atoms with Crippen molar-refractivity contribution in [3.8, 4) is 11.8 Å². The van der Waals surface area contributed by atoms with Gasteiger partial charge in [0.1, 0.15) is 35.4 Å². The molecule has 0 radical (unpaired) electrons. The van der Waals surface area contributed by atoms with Crippen molar-refractivity contribution in [3.05, 3.63) is 106 Å². The predicted octanol–water partition coefficient (Wildman–Crippen LogP) is 5.10. The van der Waals surface area contributed by atoms with Crippen molar-refractivity contribution >= 4 is 51.5 Å². The number of carbonyl (C=O) groups is 1. The lowest BCUT2D eigenvalue weighted by molar-refractivity contribution is 0.262. The van der Waals surface area contributed by atoms with Crippen LogP contribution in [0.25, 0.3) is 16.6 Å². The number of anilines is 4. The van der Waals surface area contributed by atoms with Crippen molar-refractivity contribution in [2.75, 3.05) is 21.7 Å². The number of amides is 2. The molecule has 2 amide bonds. The highest BCUT2D eigenvalue weighted by atomic mass is 35.5. The normalized spacial score (nSPS) is 11.4. The number of benzene rings is 3. The zero-order valence-electron chi connectivity index (χ0n) is 21.1. The second-order valence-electron chi connectivity index (χ2n) is 8.70. The van der Waals surface area contributed by atoms with E-state index in [1.54, 1.807) is 61.5 Å². The van der Waals surface area contributed by atoms with Gasteiger partial charge in [0.15, 0.2) is 0 Å². The van der Waals surface area contributed by atoms with E-state index in [2.05, 4.69) is 25.9 Å². The fourth-order valence-electron chi connectivity index (χ4n) is 4.17. The minimum atomic E-state index is -0.629. The van der Waals surface area contributed by atoms with Crippen LogP contribution in [0.3, 0.4) is 0 Å². The maximum absolute atomic E-state index is 13.9. The van der Waals surface area contributed by atoms with Gasteiger partial charge in [-0.2, -0.15) is 5.26 Å². The van der Waals surface area contributed by atoms with Crippen LogP contribution < -0.4 is 27.2 Å². The second-order valence-corrected chi connectivity index (χ2v) is 9.11. The quantitative estimate of drug-likeness (QED) is 0.226. The van der Waals surface area contributed by atoms with Gasteiger partial charge < -0.3 is 21.7 Å². The molecule has 3 aromatic carbocycles. The molecule has 12 heteroatoms. The van der Waals surface area contributed by atoms with E-state index in [-0.39, 0.29) is 27.6 Å². The molecule has 0 saturated heterocycles. The molecular weight excluding hydrogens is 530 g/mol. The minimum Gasteiger partial charge on any atom is -0.382 e. The van der Waals surface area contributed by atoms with Crippen LogP contribution in [0.1, 0.15) is 24.4 Å². The smallest absolute Gasteiger partial charge is 0.323 e. The average Bonchev–Trinajstić information content (AvgIpc) is 2.93. The molecule has 5 N–H and O–H groups in total. The summed E-state index contributed by atoms with van der Waals surface area (Å²) < 4.78 is 1.41. The van der Waals surface area contributed by atoms with Gasteiger partial charge in [-0.1, -0.05) is 41.9 Å². The zero-order valence-corrected chi connectivity index (χ0v) is 21.8. The van der Waals surface area contributed by atoms with Gasteiger partial charge in [0.05, 0.1) is 27.7 Å². The average molecular weight is 552 g/mol. The first-order valence-electron chi connectivity index (χ1n) is 12.1. The predicted molar refractivity (Wildman–Crippen MR) is 155 cm³/mol. The van der Waals surface area contributed by atoms with Gasteiger partial charge in [-0.25, -0.2) is 19.7 Å². The van der Waals surface area contributed by atoms with E-state index >= 15 is 0 Å². The summed E-state index contributed by atoms with van der Waals surface area (Å²) in [7, 11) is 0. The molecule has 0 bridgehead atoms. The van der Waals surface area contributed by atoms with Crippen LogP contribution in [-0.2, 0) is 0 Å². The lowest BCUT2D eigenvalue weighted by atomic mass is 10.2. The molecule has 1 atom stereocenters. The van der Waals surface area contributed by atoms with E-state index < -0.39 is 17.6 Å². The number of carbonyl (C=O) groups excluding carboxylic acids is 1. The first-order valence-corrected chi connectivity index (χ1v) is 12.4. The molecule has 5 aromatic rings. The summed E-state index contributed by atoms with van der Waals surface area (Å²) >= 11 is 6.42. The van der Waals surface area contributed by atoms with Crippen molar-refractivity contribution in [2.45, 2.75) is 13.0 Å². The summed E-state index contributed by atoms with van der Waals surface area (Å²) in [6.07, 6.45) is 1.24. The Morgan fingerprint density at radius 1 is 1.02 bits per heavy atom. The number of nitriles is 1. The Bertz CT molecular complexity index is 1830. The summed E-state index contributed by atoms with van der Waals surface area (Å²) in [5.74, 6) is 0.532. The van der Waals surface area contributed by atoms with Crippen LogP contribution in [-0.4, -0.2) is 25.6 Å². The third kappa shape index (κ3) is 5.24. The largest absolute Gasteiger partial charge is 0.382 e. The fraction of sp³-hybridized carbons (Fsp3) is 0.0714. The van der Waals surface area contributed by atoms with E-state index in [4.69, 9.17) is 22.3 Å². The first-order chi connectivity index (χ1) is 19.4. The lowest BCUT2D eigenvalue weighted by Crippen LogP contribution is -2.28. The number of aromatic nitrogens is 4. The van der Waals surface area contributed by atoms with E-state index in [0.717, 1.165) is 0 Å². The van der Waals surface area contributed by atoms with Gasteiger partial charge in [0, 0.05) is 11.4 Å². The standard InChI is InChI=1S/C28H22ClN9O2/c1-16(34-25-20(14-30)24(31)32-15-33-25)26-37-22-12-6-11-21(29)23(22)27(39)38(26)19-10-5-9-18(13-19)36-28(40)35-17-7-3-2-4-8-17/h2-13,15-16H,1H3,(H2,35,36,40)(H3,31,32,33,34)/t16-/m0/s1. The Morgan fingerprint density at radius 2 is 1.75 bits per heavy atom. The van der Waals surface area contributed by atoms with Crippen LogP contribution in [0.2, 0.25) is 5.02 Å². The Balaban J connectivity index is 1.58. The summed E-state index contributed by atoms with van der Waals surface area (Å²) in [5.41, 5.74) is 7.42. The molecule has 0 aliphatic heterocycles. The number of fused-ring (bicyclic) bond motifs is 1. The second kappa shape index (κ2) is 11.1.